The first-order valence-corrected chi connectivity index (χ1v) is 7.35. The average Bonchev–Trinajstić information content (AvgIpc) is 3.20. The minimum absolute atomic E-state index is 0.142. The molecule has 2 aromatic rings. The lowest BCUT2D eigenvalue weighted by atomic mass is 10.2. The number of hydrogen-bond donors (Lipinski definition) is 2. The second-order valence-electron chi connectivity index (χ2n) is 5.31. The maximum Gasteiger partial charge on any atom is 0.253 e. The predicted octanol–water partition coefficient (Wildman–Crippen LogP) is 2.22. The summed E-state index contributed by atoms with van der Waals surface area (Å²) in [6, 6.07) is 4.07. The molecule has 7 heteroatoms. The molecule has 2 N–H and O–H groups in total. The Labute approximate surface area is 127 Å². The van der Waals surface area contributed by atoms with Crippen LogP contribution in [0.4, 0.5) is 0 Å². The molecule has 0 atom stereocenters. The van der Waals surface area contributed by atoms with E-state index in [-0.39, 0.29) is 5.91 Å². The minimum atomic E-state index is -0.142. The van der Waals surface area contributed by atoms with Crippen LogP contribution in [-0.2, 0) is 6.54 Å². The van der Waals surface area contributed by atoms with Gasteiger partial charge in [0.2, 0.25) is 0 Å². The molecule has 0 bridgehead atoms. The summed E-state index contributed by atoms with van der Waals surface area (Å²) in [7, 11) is 0. The lowest BCUT2D eigenvalue weighted by molar-refractivity contribution is 0.0948. The summed E-state index contributed by atoms with van der Waals surface area (Å²) in [5.41, 5.74) is 2.22. The predicted molar refractivity (Wildman–Crippen MR) is 80.6 cm³/mol. The van der Waals surface area contributed by atoms with E-state index in [4.69, 9.17) is 12.2 Å². The molecule has 0 aromatic carbocycles. The fourth-order valence-electron chi connectivity index (χ4n) is 2.35. The molecule has 3 rings (SSSR count). The van der Waals surface area contributed by atoms with Crippen LogP contribution < -0.4 is 5.32 Å². The van der Waals surface area contributed by atoms with E-state index in [0.29, 0.717) is 22.9 Å². The maximum absolute atomic E-state index is 12.2. The van der Waals surface area contributed by atoms with Crippen LogP contribution >= 0.6 is 12.2 Å². The van der Waals surface area contributed by atoms with Gasteiger partial charge in [-0.05, 0) is 51.0 Å². The Morgan fingerprint density at radius 3 is 2.90 bits per heavy atom. The zero-order valence-corrected chi connectivity index (χ0v) is 12.8. The Morgan fingerprint density at radius 1 is 1.48 bits per heavy atom. The monoisotopic (exact) mass is 303 g/mol. The number of nitrogens with one attached hydrogen (secondary N) is 2. The van der Waals surface area contributed by atoms with E-state index in [0.717, 1.165) is 30.1 Å². The number of amides is 1. The molecule has 1 aliphatic rings. The van der Waals surface area contributed by atoms with E-state index in [2.05, 4.69) is 20.5 Å². The van der Waals surface area contributed by atoms with Crippen molar-refractivity contribution in [2.75, 3.05) is 0 Å². The van der Waals surface area contributed by atoms with Gasteiger partial charge in [-0.2, -0.15) is 5.10 Å². The topological polar surface area (TPSA) is 75.6 Å². The molecule has 1 aliphatic carbocycles. The third kappa shape index (κ3) is 2.87. The van der Waals surface area contributed by atoms with Gasteiger partial charge in [0.15, 0.2) is 10.6 Å². The first-order chi connectivity index (χ1) is 10.1. The van der Waals surface area contributed by atoms with Crippen molar-refractivity contribution in [1.29, 1.82) is 0 Å². The van der Waals surface area contributed by atoms with Crippen molar-refractivity contribution in [1.82, 2.24) is 25.1 Å². The van der Waals surface area contributed by atoms with Gasteiger partial charge in [0.1, 0.15) is 0 Å². The highest BCUT2D eigenvalue weighted by molar-refractivity contribution is 7.71. The van der Waals surface area contributed by atoms with Gasteiger partial charge >= 0.3 is 0 Å². The van der Waals surface area contributed by atoms with E-state index in [1.807, 2.05) is 24.5 Å². The molecule has 0 radical (unpaired) electrons. The van der Waals surface area contributed by atoms with Crippen molar-refractivity contribution in [3.8, 4) is 0 Å². The van der Waals surface area contributed by atoms with Crippen LogP contribution in [0, 0.1) is 18.6 Å². The van der Waals surface area contributed by atoms with E-state index in [1.54, 1.807) is 6.07 Å². The second-order valence-corrected chi connectivity index (χ2v) is 5.70. The molecule has 1 amide bonds. The highest BCUT2D eigenvalue weighted by Gasteiger charge is 2.27. The van der Waals surface area contributed by atoms with Crippen molar-refractivity contribution in [3.05, 3.63) is 39.7 Å². The van der Waals surface area contributed by atoms with E-state index < -0.39 is 0 Å². The first kappa shape index (κ1) is 13.9. The number of aromatic nitrogens is 4. The zero-order chi connectivity index (χ0) is 15.0. The molecule has 0 aliphatic heterocycles. The van der Waals surface area contributed by atoms with Crippen LogP contribution in [0.2, 0.25) is 0 Å². The zero-order valence-electron chi connectivity index (χ0n) is 12.0. The molecule has 0 saturated heterocycles. The number of aryl methyl sites for hydroxylation is 2. The normalized spacial score (nSPS) is 14.2. The second kappa shape index (κ2) is 5.40. The van der Waals surface area contributed by atoms with Crippen LogP contribution in [0.3, 0.4) is 0 Å². The van der Waals surface area contributed by atoms with Crippen molar-refractivity contribution < 1.29 is 4.79 Å². The Balaban J connectivity index is 1.73. The molecule has 2 aromatic heterocycles. The summed E-state index contributed by atoms with van der Waals surface area (Å²) < 4.78 is 2.62. The van der Waals surface area contributed by atoms with Crippen molar-refractivity contribution in [3.63, 3.8) is 0 Å². The number of rotatable bonds is 4. The fourth-order valence-corrected chi connectivity index (χ4v) is 2.65. The molecule has 110 valence electrons. The van der Waals surface area contributed by atoms with Gasteiger partial charge in [-0.25, -0.2) is 0 Å². The Morgan fingerprint density at radius 2 is 2.24 bits per heavy atom. The lowest BCUT2D eigenvalue weighted by Crippen LogP contribution is -2.25. The largest absolute Gasteiger partial charge is 0.345 e. The molecule has 1 fully saturated rings. The van der Waals surface area contributed by atoms with Crippen LogP contribution in [-0.4, -0.2) is 25.7 Å². The van der Waals surface area contributed by atoms with Crippen LogP contribution in [0.5, 0.6) is 0 Å². The third-order valence-corrected chi connectivity index (χ3v) is 3.85. The van der Waals surface area contributed by atoms with Crippen LogP contribution in [0.25, 0.3) is 0 Å². The van der Waals surface area contributed by atoms with E-state index >= 15 is 0 Å². The van der Waals surface area contributed by atoms with Crippen LogP contribution in [0.1, 0.15) is 46.5 Å². The number of nitrogens with zero attached hydrogens (tertiary/aromatic N) is 3. The molecule has 1 saturated carbocycles. The maximum atomic E-state index is 12.2. The van der Waals surface area contributed by atoms with Gasteiger partial charge in [0.05, 0.1) is 17.8 Å². The number of aromatic amines is 1. The van der Waals surface area contributed by atoms with Gasteiger partial charge < -0.3 is 5.32 Å². The summed E-state index contributed by atoms with van der Waals surface area (Å²) in [5.74, 6) is 0.629. The van der Waals surface area contributed by atoms with E-state index in [1.165, 1.54) is 0 Å². The smallest absolute Gasteiger partial charge is 0.253 e. The average molecular weight is 303 g/mol. The lowest BCUT2D eigenvalue weighted by Gasteiger charge is -2.08. The highest BCUT2D eigenvalue weighted by atomic mass is 32.1. The summed E-state index contributed by atoms with van der Waals surface area (Å²) >= 11 is 5.22. The molecule has 6 nitrogen and oxygen atoms in total. The van der Waals surface area contributed by atoms with Crippen LogP contribution in [0.15, 0.2) is 12.1 Å². The number of pyridine rings is 1. The van der Waals surface area contributed by atoms with Crippen molar-refractivity contribution in [2.24, 2.45) is 0 Å². The summed E-state index contributed by atoms with van der Waals surface area (Å²) in [6.07, 6.45) is 2.24. The minimum Gasteiger partial charge on any atom is -0.345 e. The number of hydrogen-bond acceptors (Lipinski definition) is 4. The van der Waals surface area contributed by atoms with Gasteiger partial charge in [0, 0.05) is 11.7 Å². The van der Waals surface area contributed by atoms with Crippen molar-refractivity contribution in [2.45, 2.75) is 39.3 Å². The standard InChI is InChI=1S/C14H17N5OS/c1-8-3-6-11(9(2)16-8)13(20)15-7-12-17-18-14(21)19(12)10-4-5-10/h3,6,10H,4-5,7H2,1-2H3,(H,15,20)(H,18,21). The van der Waals surface area contributed by atoms with Gasteiger partial charge in [-0.15, -0.1) is 0 Å². The Kier molecular flexibility index (Phi) is 3.59. The Hall–Kier alpha value is -2.02. The highest BCUT2D eigenvalue weighted by Crippen LogP contribution is 2.35. The van der Waals surface area contributed by atoms with Gasteiger partial charge in [-0.1, -0.05) is 0 Å². The summed E-state index contributed by atoms with van der Waals surface area (Å²) in [5, 5.41) is 9.87. The quantitative estimate of drug-likeness (QED) is 0.849. The third-order valence-electron chi connectivity index (χ3n) is 3.57. The molecule has 2 heterocycles. The molecule has 21 heavy (non-hydrogen) atoms. The molecule has 0 unspecified atom stereocenters. The summed E-state index contributed by atoms with van der Waals surface area (Å²) in [4.78, 5) is 16.5. The fraction of sp³-hybridized carbons (Fsp3) is 0.429. The molecular weight excluding hydrogens is 286 g/mol. The molecular formula is C14H17N5OS. The molecule has 0 spiro atoms. The summed E-state index contributed by atoms with van der Waals surface area (Å²) in [6.45, 7) is 4.10. The van der Waals surface area contributed by atoms with Crippen molar-refractivity contribution >= 4 is 18.1 Å². The first-order valence-electron chi connectivity index (χ1n) is 6.94. The SMILES string of the molecule is Cc1ccc(C(=O)NCc2n[nH]c(=S)n2C2CC2)c(C)n1. The number of carbonyl (C=O) groups is 1. The van der Waals surface area contributed by atoms with Gasteiger partial charge in [-0.3, -0.25) is 19.4 Å². The number of carbonyl (C=O) groups excluding carboxylic acids is 1. The van der Waals surface area contributed by atoms with Gasteiger partial charge in [0.25, 0.3) is 5.91 Å². The Bertz CT molecular complexity index is 744. The number of H-pyrrole nitrogens is 1. The van der Waals surface area contributed by atoms with E-state index in [9.17, 15) is 4.79 Å².